The van der Waals surface area contributed by atoms with Crippen LogP contribution < -0.4 is 27.0 Å². The lowest BCUT2D eigenvalue weighted by Gasteiger charge is -2.28. The minimum Gasteiger partial charge on any atom is -0.480 e. The second kappa shape index (κ2) is 13.9. The van der Waals surface area contributed by atoms with Crippen molar-refractivity contribution in [3.63, 3.8) is 0 Å². The van der Waals surface area contributed by atoms with Crippen LogP contribution in [0.25, 0.3) is 0 Å². The number of thiol groups is 1. The molecule has 0 aromatic heterocycles. The molecule has 32 heavy (non-hydrogen) atoms. The lowest BCUT2D eigenvalue weighted by molar-refractivity contribution is -0.144. The van der Waals surface area contributed by atoms with Gasteiger partial charge in [0.1, 0.15) is 24.2 Å². The predicted molar refractivity (Wildman–Crippen MR) is 116 cm³/mol. The van der Waals surface area contributed by atoms with Crippen molar-refractivity contribution in [2.45, 2.75) is 64.0 Å². The SMILES string of the molecule is CC(C)[C@H](NC(=O)[C@H](C)NC(=O)[C@@H](N)CS)C(=O)N[C@H](C(=O)N[C@@H](CO)C(=O)O)[C@@H](C)O. The van der Waals surface area contributed by atoms with Crippen LogP contribution in [0.4, 0.5) is 0 Å². The fraction of sp³-hybridized carbons (Fsp3) is 0.722. The van der Waals surface area contributed by atoms with Crippen LogP contribution in [0.1, 0.15) is 27.7 Å². The highest BCUT2D eigenvalue weighted by Crippen LogP contribution is 2.05. The summed E-state index contributed by atoms with van der Waals surface area (Å²) in [5.74, 6) is -5.04. The first kappa shape index (κ1) is 29.6. The Kier molecular flexibility index (Phi) is 12.8. The van der Waals surface area contributed by atoms with Crippen molar-refractivity contribution in [1.29, 1.82) is 0 Å². The summed E-state index contributed by atoms with van der Waals surface area (Å²) in [5.41, 5.74) is 5.54. The normalized spacial score (nSPS) is 16.7. The molecule has 0 saturated heterocycles. The van der Waals surface area contributed by atoms with Crippen LogP contribution in [0.3, 0.4) is 0 Å². The Labute approximate surface area is 191 Å². The Bertz CT molecular complexity index is 690. The van der Waals surface area contributed by atoms with Gasteiger partial charge in [-0.3, -0.25) is 19.2 Å². The molecule has 0 heterocycles. The molecule has 0 fully saturated rings. The number of aliphatic hydroxyl groups excluding tert-OH is 2. The van der Waals surface area contributed by atoms with Crippen molar-refractivity contribution < 1.29 is 39.3 Å². The Balaban J connectivity index is 5.29. The van der Waals surface area contributed by atoms with E-state index in [1.54, 1.807) is 13.8 Å². The quantitative estimate of drug-likeness (QED) is 0.119. The van der Waals surface area contributed by atoms with Crippen molar-refractivity contribution in [2.24, 2.45) is 11.7 Å². The summed E-state index contributed by atoms with van der Waals surface area (Å²) >= 11 is 3.90. The molecule has 0 aliphatic rings. The molecule has 6 atom stereocenters. The predicted octanol–water partition coefficient (Wildman–Crippen LogP) is -3.68. The number of nitrogens with one attached hydrogen (secondary N) is 4. The Morgan fingerprint density at radius 1 is 0.844 bits per heavy atom. The molecule has 13 nitrogen and oxygen atoms in total. The number of carboxylic acid groups (broad SMARTS) is 1. The topological polar surface area (TPSA) is 220 Å². The molecule has 0 rings (SSSR count). The maximum Gasteiger partial charge on any atom is 0.328 e. The van der Waals surface area contributed by atoms with Crippen molar-refractivity contribution in [2.75, 3.05) is 12.4 Å². The lowest BCUT2D eigenvalue weighted by Crippen LogP contribution is -2.61. The zero-order chi connectivity index (χ0) is 25.2. The maximum atomic E-state index is 12.7. The summed E-state index contributed by atoms with van der Waals surface area (Å²) in [5, 5.41) is 37.0. The third-order valence-electron chi connectivity index (χ3n) is 4.39. The van der Waals surface area contributed by atoms with Crippen LogP contribution in [-0.2, 0) is 24.0 Å². The molecule has 0 spiro atoms. The van der Waals surface area contributed by atoms with Gasteiger partial charge in [0.15, 0.2) is 0 Å². The van der Waals surface area contributed by atoms with E-state index in [9.17, 15) is 29.1 Å². The molecule has 0 aromatic rings. The van der Waals surface area contributed by atoms with Crippen LogP contribution in [0.5, 0.6) is 0 Å². The van der Waals surface area contributed by atoms with Crippen molar-refractivity contribution >= 4 is 42.2 Å². The molecule has 0 saturated carbocycles. The zero-order valence-corrected chi connectivity index (χ0v) is 19.3. The van der Waals surface area contributed by atoms with Crippen molar-refractivity contribution in [3.05, 3.63) is 0 Å². The van der Waals surface area contributed by atoms with Crippen molar-refractivity contribution in [1.82, 2.24) is 21.3 Å². The van der Waals surface area contributed by atoms with Gasteiger partial charge in [0.25, 0.3) is 0 Å². The molecule has 0 aromatic carbocycles. The fourth-order valence-corrected chi connectivity index (χ4v) is 2.54. The molecular formula is C18H33N5O8S. The van der Waals surface area contributed by atoms with Gasteiger partial charge in [-0.15, -0.1) is 0 Å². The minimum absolute atomic E-state index is 0.0685. The van der Waals surface area contributed by atoms with Crippen LogP contribution in [0.15, 0.2) is 0 Å². The first-order valence-electron chi connectivity index (χ1n) is 9.86. The van der Waals surface area contributed by atoms with E-state index in [0.29, 0.717) is 0 Å². The van der Waals surface area contributed by atoms with E-state index in [0.717, 1.165) is 0 Å². The number of carboxylic acids is 1. The van der Waals surface area contributed by atoms with Gasteiger partial charge in [0.2, 0.25) is 23.6 Å². The molecule has 0 aliphatic carbocycles. The summed E-state index contributed by atoms with van der Waals surface area (Å²) in [6.07, 6.45) is -1.42. The largest absolute Gasteiger partial charge is 0.480 e. The van der Waals surface area contributed by atoms with Crippen molar-refractivity contribution in [3.8, 4) is 0 Å². The van der Waals surface area contributed by atoms with Crippen LogP contribution in [0.2, 0.25) is 0 Å². The van der Waals surface area contributed by atoms with Gasteiger partial charge in [0.05, 0.1) is 18.8 Å². The number of aliphatic carboxylic acids is 1. The van der Waals surface area contributed by atoms with Gasteiger partial charge in [-0.05, 0) is 19.8 Å². The number of carbonyl (C=O) groups excluding carboxylic acids is 4. The molecule has 0 unspecified atom stereocenters. The highest BCUT2D eigenvalue weighted by molar-refractivity contribution is 7.80. The van der Waals surface area contributed by atoms with Gasteiger partial charge < -0.3 is 42.3 Å². The Morgan fingerprint density at radius 2 is 1.34 bits per heavy atom. The summed E-state index contributed by atoms with van der Waals surface area (Å²) in [4.78, 5) is 60.3. The minimum atomic E-state index is -1.63. The van der Waals surface area contributed by atoms with Crippen LogP contribution in [0, 0.1) is 5.92 Å². The molecule has 0 aliphatic heterocycles. The van der Waals surface area contributed by atoms with E-state index in [1.165, 1.54) is 13.8 Å². The average molecular weight is 480 g/mol. The maximum absolute atomic E-state index is 12.7. The highest BCUT2D eigenvalue weighted by Gasteiger charge is 2.33. The monoisotopic (exact) mass is 479 g/mol. The molecule has 0 bridgehead atoms. The molecule has 9 N–H and O–H groups in total. The smallest absolute Gasteiger partial charge is 0.328 e. The first-order chi connectivity index (χ1) is 14.8. The standard InChI is InChI=1S/C18H33N5O8S/c1-7(2)12(22-14(26)8(3)20-15(27)10(19)6-32)16(28)23-13(9(4)25)17(29)21-11(5-24)18(30)31/h7-13,24-25,32H,5-6,19H2,1-4H3,(H,20,27)(H,21,29)(H,22,26)(H,23,28)(H,30,31)/t8-,9+,10-,11-,12-,13-/m0/s1. The number of nitrogens with two attached hydrogens (primary N) is 1. The Hall–Kier alpha value is -2.42. The number of hydrogen-bond acceptors (Lipinski definition) is 9. The first-order valence-corrected chi connectivity index (χ1v) is 10.5. The van der Waals surface area contributed by atoms with E-state index >= 15 is 0 Å². The summed E-state index contributed by atoms with van der Waals surface area (Å²) in [6, 6.07) is -6.28. The van der Waals surface area contributed by atoms with E-state index in [4.69, 9.17) is 15.9 Å². The Morgan fingerprint density at radius 3 is 1.75 bits per heavy atom. The summed E-state index contributed by atoms with van der Waals surface area (Å²) in [7, 11) is 0. The highest BCUT2D eigenvalue weighted by atomic mass is 32.1. The third-order valence-corrected chi connectivity index (χ3v) is 4.79. The number of hydrogen-bond donors (Lipinski definition) is 9. The van der Waals surface area contributed by atoms with Gasteiger partial charge >= 0.3 is 5.97 Å². The molecule has 184 valence electrons. The zero-order valence-electron chi connectivity index (χ0n) is 18.4. The van der Waals surface area contributed by atoms with E-state index in [1.807, 2.05) is 5.32 Å². The van der Waals surface area contributed by atoms with E-state index in [2.05, 4.69) is 28.6 Å². The van der Waals surface area contributed by atoms with E-state index in [-0.39, 0.29) is 5.75 Å². The van der Waals surface area contributed by atoms with Gasteiger partial charge in [0, 0.05) is 5.75 Å². The number of aliphatic hydroxyl groups is 2. The van der Waals surface area contributed by atoms with Gasteiger partial charge in [-0.1, -0.05) is 13.8 Å². The summed E-state index contributed by atoms with van der Waals surface area (Å²) in [6.45, 7) is 4.93. The number of rotatable bonds is 13. The fourth-order valence-electron chi connectivity index (χ4n) is 2.38. The number of carbonyl (C=O) groups is 5. The molecule has 0 radical (unpaired) electrons. The summed E-state index contributed by atoms with van der Waals surface area (Å²) < 4.78 is 0. The van der Waals surface area contributed by atoms with E-state index < -0.39 is 78.4 Å². The lowest BCUT2D eigenvalue weighted by atomic mass is 10.0. The van der Waals surface area contributed by atoms with Crippen LogP contribution >= 0.6 is 12.6 Å². The van der Waals surface area contributed by atoms with Gasteiger partial charge in [-0.2, -0.15) is 12.6 Å². The molecule has 14 heteroatoms. The number of amides is 4. The molecular weight excluding hydrogens is 446 g/mol. The second-order valence-corrected chi connectivity index (χ2v) is 7.92. The molecule has 4 amide bonds. The van der Waals surface area contributed by atoms with Gasteiger partial charge in [-0.25, -0.2) is 4.79 Å². The second-order valence-electron chi connectivity index (χ2n) is 7.56. The third kappa shape index (κ3) is 9.38. The van der Waals surface area contributed by atoms with Crippen LogP contribution in [-0.4, -0.2) is 93.6 Å². The average Bonchev–Trinajstić information content (AvgIpc) is 2.71.